The van der Waals surface area contributed by atoms with Crippen LogP contribution in [0, 0.1) is 0 Å². The Morgan fingerprint density at radius 1 is 1.03 bits per heavy atom. The van der Waals surface area contributed by atoms with Crippen LogP contribution in [0.15, 0.2) is 60.9 Å². The van der Waals surface area contributed by atoms with E-state index in [0.29, 0.717) is 21.3 Å². The Bertz CT molecular complexity index is 1410. The second kappa shape index (κ2) is 8.27. The molecule has 2 aromatic carbocycles. The van der Waals surface area contributed by atoms with Gasteiger partial charge in [0, 0.05) is 38.9 Å². The fraction of sp³-hybridized carbons (Fsp3) is 0.174. The van der Waals surface area contributed by atoms with Crippen molar-refractivity contribution in [2.75, 3.05) is 16.3 Å². The number of sulfonamides is 1. The fourth-order valence-electron chi connectivity index (χ4n) is 3.53. The molecule has 0 aliphatic carbocycles. The van der Waals surface area contributed by atoms with Crippen molar-refractivity contribution in [1.29, 1.82) is 0 Å². The minimum absolute atomic E-state index is 0.253. The summed E-state index contributed by atoms with van der Waals surface area (Å²) in [6.45, 7) is 4.20. The van der Waals surface area contributed by atoms with Crippen LogP contribution in [-0.2, 0) is 15.4 Å². The molecule has 4 aromatic rings. The molecular formula is C23H22ClN3O3S2. The first-order chi connectivity index (χ1) is 15.0. The second-order valence-corrected chi connectivity index (χ2v) is 11.4. The van der Waals surface area contributed by atoms with Gasteiger partial charge in [0.2, 0.25) is 10.0 Å². The molecule has 0 bridgehead atoms. The van der Waals surface area contributed by atoms with Gasteiger partial charge in [-0.1, -0.05) is 25.4 Å². The molecule has 4 rings (SSSR count). The lowest BCUT2D eigenvalue weighted by atomic mass is 9.79. The van der Waals surface area contributed by atoms with Crippen LogP contribution >= 0.6 is 22.9 Å². The Kier molecular flexibility index (Phi) is 5.79. The molecule has 3 N–H and O–H groups in total. The molecule has 6 nitrogen and oxygen atoms in total. The Balaban J connectivity index is 1.60. The van der Waals surface area contributed by atoms with Crippen molar-refractivity contribution < 1.29 is 13.2 Å². The van der Waals surface area contributed by atoms with Gasteiger partial charge in [-0.05, 0) is 65.0 Å². The predicted molar refractivity (Wildman–Crippen MR) is 133 cm³/mol. The average molecular weight is 488 g/mol. The number of rotatable bonds is 6. The molecule has 0 aliphatic heterocycles. The summed E-state index contributed by atoms with van der Waals surface area (Å²) < 4.78 is 26.3. The van der Waals surface area contributed by atoms with E-state index in [1.54, 1.807) is 30.3 Å². The highest BCUT2D eigenvalue weighted by molar-refractivity contribution is 7.92. The Hall–Kier alpha value is -2.81. The molecule has 32 heavy (non-hydrogen) atoms. The highest BCUT2D eigenvalue weighted by Crippen LogP contribution is 2.35. The summed E-state index contributed by atoms with van der Waals surface area (Å²) in [5.74, 6) is -0.253. The van der Waals surface area contributed by atoms with Gasteiger partial charge in [0.05, 0.1) is 11.1 Å². The number of benzene rings is 2. The first kappa shape index (κ1) is 22.4. The number of fused-ring (bicyclic) bond motifs is 1. The quantitative estimate of drug-likeness (QED) is 0.319. The van der Waals surface area contributed by atoms with Crippen LogP contribution in [0.5, 0.6) is 0 Å². The van der Waals surface area contributed by atoms with Crippen molar-refractivity contribution in [3.8, 4) is 0 Å². The standard InChI is InChI=1S/C23H22ClN3O3S2/c1-23(2,15-6-7-25-13-15)16-10-17(24)12-19(11-16)26-22(28)21-9-14-8-18(27-32(3,29)30)4-5-20(14)31-21/h4-13,25,27H,1-3H3,(H,26,28). The molecule has 0 saturated carbocycles. The van der Waals surface area contributed by atoms with Gasteiger partial charge in [-0.3, -0.25) is 9.52 Å². The maximum Gasteiger partial charge on any atom is 0.265 e. The summed E-state index contributed by atoms with van der Waals surface area (Å²) in [7, 11) is -3.37. The molecule has 0 aliphatic rings. The molecule has 166 valence electrons. The highest BCUT2D eigenvalue weighted by atomic mass is 35.5. The van der Waals surface area contributed by atoms with Crippen molar-refractivity contribution in [2.24, 2.45) is 0 Å². The van der Waals surface area contributed by atoms with Gasteiger partial charge < -0.3 is 10.3 Å². The number of anilines is 2. The molecule has 2 heterocycles. The third-order valence-corrected chi connectivity index (χ3v) is 7.18. The molecule has 0 saturated heterocycles. The molecule has 0 unspecified atom stereocenters. The summed E-state index contributed by atoms with van der Waals surface area (Å²) in [4.78, 5) is 16.5. The number of carbonyl (C=O) groups excluding carboxylic acids is 1. The van der Waals surface area contributed by atoms with Crippen molar-refractivity contribution >= 4 is 60.3 Å². The normalized spacial score (nSPS) is 12.1. The highest BCUT2D eigenvalue weighted by Gasteiger charge is 2.25. The first-order valence-corrected chi connectivity index (χ1v) is 12.9. The topological polar surface area (TPSA) is 91.1 Å². The molecule has 2 aromatic heterocycles. The Labute approximate surface area is 195 Å². The van der Waals surface area contributed by atoms with Crippen molar-refractivity contribution in [2.45, 2.75) is 19.3 Å². The number of halogens is 1. The number of carbonyl (C=O) groups is 1. The van der Waals surface area contributed by atoms with Gasteiger partial charge in [-0.2, -0.15) is 0 Å². The minimum atomic E-state index is -3.37. The van der Waals surface area contributed by atoms with Crippen molar-refractivity contribution in [3.63, 3.8) is 0 Å². The van der Waals surface area contributed by atoms with E-state index in [-0.39, 0.29) is 11.3 Å². The predicted octanol–water partition coefficient (Wildman–Crippen LogP) is 5.83. The largest absolute Gasteiger partial charge is 0.367 e. The lowest BCUT2D eigenvalue weighted by Gasteiger charge is -2.25. The van der Waals surface area contributed by atoms with E-state index < -0.39 is 10.0 Å². The van der Waals surface area contributed by atoms with Gasteiger partial charge in [-0.15, -0.1) is 11.3 Å². The third-order valence-electron chi connectivity index (χ3n) is 5.24. The summed E-state index contributed by atoms with van der Waals surface area (Å²) in [5.41, 5.74) is 2.85. The van der Waals surface area contributed by atoms with Crippen LogP contribution in [0.2, 0.25) is 5.02 Å². The number of hydrogen-bond donors (Lipinski definition) is 3. The molecule has 1 amide bonds. The maximum atomic E-state index is 12.9. The van der Waals surface area contributed by atoms with Gasteiger partial charge in [-0.25, -0.2) is 8.42 Å². The Morgan fingerprint density at radius 3 is 2.50 bits per heavy atom. The van der Waals surface area contributed by atoms with E-state index in [1.807, 2.05) is 30.6 Å². The van der Waals surface area contributed by atoms with E-state index in [1.165, 1.54) is 11.3 Å². The second-order valence-electron chi connectivity index (χ2n) is 8.14. The Morgan fingerprint density at radius 2 is 1.81 bits per heavy atom. The monoisotopic (exact) mass is 487 g/mol. The molecule has 0 atom stereocenters. The smallest absolute Gasteiger partial charge is 0.265 e. The van der Waals surface area contributed by atoms with E-state index >= 15 is 0 Å². The minimum Gasteiger partial charge on any atom is -0.367 e. The fourth-order valence-corrected chi connectivity index (χ4v) is 5.26. The zero-order chi connectivity index (χ0) is 23.1. The lowest BCUT2D eigenvalue weighted by Crippen LogP contribution is -2.19. The van der Waals surface area contributed by atoms with Crippen LogP contribution < -0.4 is 10.0 Å². The van der Waals surface area contributed by atoms with E-state index in [0.717, 1.165) is 27.5 Å². The SMILES string of the molecule is CC(C)(c1cc[nH]c1)c1cc(Cl)cc(NC(=O)c2cc3cc(NS(C)(=O)=O)ccc3s2)c1. The third kappa shape index (κ3) is 4.82. The van der Waals surface area contributed by atoms with Crippen LogP contribution in [0.1, 0.15) is 34.6 Å². The number of H-pyrrole nitrogens is 1. The van der Waals surface area contributed by atoms with Crippen molar-refractivity contribution in [1.82, 2.24) is 4.98 Å². The molecule has 0 spiro atoms. The van der Waals surface area contributed by atoms with Gasteiger partial charge >= 0.3 is 0 Å². The number of aromatic nitrogens is 1. The van der Waals surface area contributed by atoms with Crippen molar-refractivity contribution in [3.05, 3.63) is 82.0 Å². The number of hydrogen-bond acceptors (Lipinski definition) is 4. The van der Waals surface area contributed by atoms with Gasteiger partial charge in [0.15, 0.2) is 0 Å². The van der Waals surface area contributed by atoms with E-state index in [2.05, 4.69) is 28.9 Å². The first-order valence-electron chi connectivity index (χ1n) is 9.78. The molecule has 0 fully saturated rings. The molecule has 0 radical (unpaired) electrons. The zero-order valence-corrected chi connectivity index (χ0v) is 20.1. The maximum absolute atomic E-state index is 12.9. The zero-order valence-electron chi connectivity index (χ0n) is 17.7. The van der Waals surface area contributed by atoms with E-state index in [9.17, 15) is 13.2 Å². The van der Waals surface area contributed by atoms with Gasteiger partial charge in [0.1, 0.15) is 0 Å². The molecule has 9 heteroatoms. The summed E-state index contributed by atoms with van der Waals surface area (Å²) in [6.07, 6.45) is 4.92. The van der Waals surface area contributed by atoms with Crippen LogP contribution in [0.3, 0.4) is 0 Å². The average Bonchev–Trinajstić information content (AvgIpc) is 3.36. The van der Waals surface area contributed by atoms with Gasteiger partial charge in [0.25, 0.3) is 5.91 Å². The number of amides is 1. The van der Waals surface area contributed by atoms with Crippen LogP contribution in [0.4, 0.5) is 11.4 Å². The van der Waals surface area contributed by atoms with Crippen LogP contribution in [-0.4, -0.2) is 25.6 Å². The van der Waals surface area contributed by atoms with E-state index in [4.69, 9.17) is 11.6 Å². The van der Waals surface area contributed by atoms with Crippen LogP contribution in [0.25, 0.3) is 10.1 Å². The number of aromatic amines is 1. The molecular weight excluding hydrogens is 466 g/mol. The summed E-state index contributed by atoms with van der Waals surface area (Å²) >= 11 is 7.71. The summed E-state index contributed by atoms with van der Waals surface area (Å²) in [6, 6.07) is 14.5. The number of nitrogens with one attached hydrogen (secondary N) is 3. The lowest BCUT2D eigenvalue weighted by molar-refractivity contribution is 0.103. The summed E-state index contributed by atoms with van der Waals surface area (Å²) in [5, 5.41) is 4.26. The number of thiophene rings is 1.